The standard InChI is InChI=1S/C23H36O8/c1-8-20(4)11-14(25)23(28)21(5)13(24)9-10-19(2,3)17(21)16(30-15(26)12-29-7)18(27)22(23,6)31-20/h8,13,16-18,24,27-28H,1,9-12H2,2-7H3/t13-,16-,17-,18-,20-,21-,22+,23-/m0/s1. The Morgan fingerprint density at radius 2 is 1.87 bits per heavy atom. The third kappa shape index (κ3) is 3.06. The van der Waals surface area contributed by atoms with E-state index in [9.17, 15) is 24.9 Å². The molecule has 1 saturated heterocycles. The fourth-order valence-corrected chi connectivity index (χ4v) is 6.71. The molecule has 0 unspecified atom stereocenters. The van der Waals surface area contributed by atoms with E-state index in [0.717, 1.165) is 0 Å². The number of aliphatic hydroxyl groups excluding tert-OH is 2. The molecule has 8 nitrogen and oxygen atoms in total. The Hall–Kier alpha value is -1.32. The number of hydrogen-bond donors (Lipinski definition) is 3. The quantitative estimate of drug-likeness (QED) is 0.440. The topological polar surface area (TPSA) is 123 Å². The fraction of sp³-hybridized carbons (Fsp3) is 0.826. The molecule has 0 amide bonds. The van der Waals surface area contributed by atoms with Crippen molar-refractivity contribution >= 4 is 11.8 Å². The first-order chi connectivity index (χ1) is 14.1. The van der Waals surface area contributed by atoms with Crippen molar-refractivity contribution in [2.24, 2.45) is 16.7 Å². The van der Waals surface area contributed by atoms with Crippen LogP contribution in [0.1, 0.15) is 53.9 Å². The first-order valence-electron chi connectivity index (χ1n) is 10.8. The minimum absolute atomic E-state index is 0.154. The molecule has 3 rings (SSSR count). The zero-order valence-electron chi connectivity index (χ0n) is 19.3. The van der Waals surface area contributed by atoms with Crippen molar-refractivity contribution < 1.29 is 39.1 Å². The highest BCUT2D eigenvalue weighted by Crippen LogP contribution is 2.67. The van der Waals surface area contributed by atoms with Crippen molar-refractivity contribution in [2.45, 2.75) is 89.0 Å². The normalized spacial score (nSPS) is 49.0. The number of carbonyl (C=O) groups is 2. The lowest BCUT2D eigenvalue weighted by Crippen LogP contribution is -2.86. The van der Waals surface area contributed by atoms with Crippen LogP contribution in [-0.2, 0) is 23.8 Å². The molecule has 8 heteroatoms. The Balaban J connectivity index is 2.27. The summed E-state index contributed by atoms with van der Waals surface area (Å²) >= 11 is 0. The van der Waals surface area contributed by atoms with Crippen molar-refractivity contribution in [3.05, 3.63) is 12.7 Å². The molecule has 31 heavy (non-hydrogen) atoms. The fourth-order valence-electron chi connectivity index (χ4n) is 6.71. The molecular formula is C23H36O8. The molecule has 1 heterocycles. The minimum atomic E-state index is -2.21. The molecule has 3 aliphatic rings. The molecule has 1 aliphatic heterocycles. The zero-order valence-corrected chi connectivity index (χ0v) is 19.3. The highest BCUT2D eigenvalue weighted by Gasteiger charge is 2.81. The maximum atomic E-state index is 13.6. The van der Waals surface area contributed by atoms with Crippen LogP contribution in [0, 0.1) is 16.7 Å². The van der Waals surface area contributed by atoms with Crippen LogP contribution in [0.25, 0.3) is 0 Å². The maximum Gasteiger partial charge on any atom is 0.332 e. The van der Waals surface area contributed by atoms with Gasteiger partial charge in [0.2, 0.25) is 0 Å². The Morgan fingerprint density at radius 1 is 1.26 bits per heavy atom. The second-order valence-electron chi connectivity index (χ2n) is 10.7. The summed E-state index contributed by atoms with van der Waals surface area (Å²) in [6.45, 7) is 12.0. The van der Waals surface area contributed by atoms with Crippen molar-refractivity contribution in [3.8, 4) is 0 Å². The second-order valence-corrected chi connectivity index (χ2v) is 10.7. The molecule has 0 aromatic heterocycles. The van der Waals surface area contributed by atoms with Gasteiger partial charge in [0.15, 0.2) is 11.4 Å². The minimum Gasteiger partial charge on any atom is -0.457 e. The van der Waals surface area contributed by atoms with E-state index < -0.39 is 63.6 Å². The predicted octanol–water partition coefficient (Wildman–Crippen LogP) is 1.15. The number of ketones is 1. The van der Waals surface area contributed by atoms with E-state index in [1.807, 2.05) is 13.8 Å². The van der Waals surface area contributed by atoms with E-state index in [0.29, 0.717) is 12.8 Å². The lowest BCUT2D eigenvalue weighted by molar-refractivity contribution is -0.370. The third-order valence-electron chi connectivity index (χ3n) is 8.27. The van der Waals surface area contributed by atoms with Crippen LogP contribution in [0.2, 0.25) is 0 Å². The number of carbonyl (C=O) groups excluding carboxylic acids is 2. The van der Waals surface area contributed by atoms with Crippen LogP contribution < -0.4 is 0 Å². The number of aliphatic hydroxyl groups is 3. The summed E-state index contributed by atoms with van der Waals surface area (Å²) in [5, 5.41) is 34.9. The van der Waals surface area contributed by atoms with Crippen molar-refractivity contribution in [1.82, 2.24) is 0 Å². The molecule has 3 fully saturated rings. The van der Waals surface area contributed by atoms with Crippen LogP contribution in [0.15, 0.2) is 12.7 Å². The van der Waals surface area contributed by atoms with E-state index in [1.54, 1.807) is 13.8 Å². The van der Waals surface area contributed by atoms with E-state index in [4.69, 9.17) is 14.2 Å². The van der Waals surface area contributed by atoms with Crippen molar-refractivity contribution in [1.29, 1.82) is 0 Å². The van der Waals surface area contributed by atoms with Gasteiger partial charge in [-0.05, 0) is 32.1 Å². The summed E-state index contributed by atoms with van der Waals surface area (Å²) in [7, 11) is 1.36. The van der Waals surface area contributed by atoms with Crippen LogP contribution >= 0.6 is 0 Å². The van der Waals surface area contributed by atoms with Crippen LogP contribution in [0.3, 0.4) is 0 Å². The maximum absolute atomic E-state index is 13.6. The first kappa shape index (κ1) is 24.3. The Bertz CT molecular complexity index is 780. The molecule has 3 N–H and O–H groups in total. The Kier molecular flexibility index (Phi) is 5.77. The highest BCUT2D eigenvalue weighted by atomic mass is 16.6. The van der Waals surface area contributed by atoms with Gasteiger partial charge < -0.3 is 29.5 Å². The van der Waals surface area contributed by atoms with E-state index >= 15 is 0 Å². The molecular weight excluding hydrogens is 404 g/mol. The highest BCUT2D eigenvalue weighted by molar-refractivity contribution is 5.92. The van der Waals surface area contributed by atoms with E-state index in [-0.39, 0.29) is 13.0 Å². The van der Waals surface area contributed by atoms with Gasteiger partial charge in [0, 0.05) is 24.9 Å². The average Bonchev–Trinajstić information content (AvgIpc) is 2.67. The average molecular weight is 441 g/mol. The van der Waals surface area contributed by atoms with Crippen LogP contribution in [0.4, 0.5) is 0 Å². The van der Waals surface area contributed by atoms with Gasteiger partial charge in [0.25, 0.3) is 0 Å². The van der Waals surface area contributed by atoms with E-state index in [1.165, 1.54) is 20.1 Å². The van der Waals surface area contributed by atoms with Crippen molar-refractivity contribution in [2.75, 3.05) is 13.7 Å². The van der Waals surface area contributed by atoms with Gasteiger partial charge in [0.1, 0.15) is 24.4 Å². The Labute approximate surface area is 183 Å². The van der Waals surface area contributed by atoms with Gasteiger partial charge in [-0.3, -0.25) is 4.79 Å². The van der Waals surface area contributed by atoms with Gasteiger partial charge in [-0.2, -0.15) is 0 Å². The largest absolute Gasteiger partial charge is 0.457 e. The number of rotatable bonds is 4. The third-order valence-corrected chi connectivity index (χ3v) is 8.27. The monoisotopic (exact) mass is 440 g/mol. The van der Waals surface area contributed by atoms with Gasteiger partial charge >= 0.3 is 5.97 Å². The van der Waals surface area contributed by atoms with E-state index in [2.05, 4.69) is 6.58 Å². The summed E-state index contributed by atoms with van der Waals surface area (Å²) in [4.78, 5) is 26.0. The summed E-state index contributed by atoms with van der Waals surface area (Å²) in [6, 6.07) is 0. The summed E-state index contributed by atoms with van der Waals surface area (Å²) in [5.74, 6) is -1.95. The summed E-state index contributed by atoms with van der Waals surface area (Å²) in [6.07, 6.45) is -1.53. The number of Topliss-reactive ketones (excluding diaryl/α,β-unsaturated/α-hetero) is 1. The number of hydrogen-bond acceptors (Lipinski definition) is 8. The van der Waals surface area contributed by atoms with Gasteiger partial charge in [-0.15, -0.1) is 6.58 Å². The molecule has 0 bridgehead atoms. The predicted molar refractivity (Wildman–Crippen MR) is 111 cm³/mol. The zero-order chi connectivity index (χ0) is 23.6. The molecule has 0 spiro atoms. The molecule has 0 aromatic carbocycles. The second kappa shape index (κ2) is 7.35. The van der Waals surface area contributed by atoms with Crippen molar-refractivity contribution in [3.63, 3.8) is 0 Å². The smallest absolute Gasteiger partial charge is 0.332 e. The number of methoxy groups -OCH3 is 1. The number of ether oxygens (including phenoxy) is 3. The molecule has 2 aliphatic carbocycles. The summed E-state index contributed by atoms with van der Waals surface area (Å²) < 4.78 is 16.8. The number of fused-ring (bicyclic) bond motifs is 3. The summed E-state index contributed by atoms with van der Waals surface area (Å²) in [5.41, 5.74) is -7.22. The molecule has 2 saturated carbocycles. The first-order valence-corrected chi connectivity index (χ1v) is 10.8. The SMILES string of the molecule is C=C[C@@]1(C)CC(=O)[C@]2(O)[C@@]3(C)[C@@H](O)CCC(C)(C)[C@@H]3[C@H](OC(=O)COC)[C@H](O)[C@@]2(C)O1. The Morgan fingerprint density at radius 3 is 2.42 bits per heavy atom. The van der Waals surface area contributed by atoms with Crippen LogP contribution in [0.5, 0.6) is 0 Å². The number of esters is 1. The molecule has 0 radical (unpaired) electrons. The van der Waals surface area contributed by atoms with Gasteiger partial charge in [-0.1, -0.05) is 26.8 Å². The van der Waals surface area contributed by atoms with Crippen LogP contribution in [-0.4, -0.2) is 75.9 Å². The lowest BCUT2D eigenvalue weighted by Gasteiger charge is -2.71. The van der Waals surface area contributed by atoms with Gasteiger partial charge in [0.05, 0.1) is 11.7 Å². The molecule has 0 aromatic rings. The lowest BCUT2D eigenvalue weighted by atomic mass is 9.40. The molecule has 8 atom stereocenters. The molecule has 176 valence electrons. The van der Waals surface area contributed by atoms with Gasteiger partial charge in [-0.25, -0.2) is 4.79 Å².